The number of rotatable bonds is 8. The SMILES string of the molecule is O=C(CCCOc1ccc(/C=C2/SC(=S)NC2=O)cc1Br)NCc1ccc(Cl)cc1. The molecule has 2 amide bonds. The van der Waals surface area contributed by atoms with Crippen LogP contribution in [0.1, 0.15) is 24.0 Å². The molecule has 0 spiro atoms. The molecule has 1 aliphatic heterocycles. The molecule has 30 heavy (non-hydrogen) atoms. The van der Waals surface area contributed by atoms with Crippen LogP contribution in [0.3, 0.4) is 0 Å². The molecular formula is C21H18BrClN2O3S2. The summed E-state index contributed by atoms with van der Waals surface area (Å²) in [4.78, 5) is 24.3. The summed E-state index contributed by atoms with van der Waals surface area (Å²) in [5, 5.41) is 6.14. The first-order valence-electron chi connectivity index (χ1n) is 9.09. The molecule has 9 heteroatoms. The van der Waals surface area contributed by atoms with Crippen molar-refractivity contribution in [3.8, 4) is 5.75 Å². The third-order valence-electron chi connectivity index (χ3n) is 4.10. The Morgan fingerprint density at radius 2 is 2.03 bits per heavy atom. The van der Waals surface area contributed by atoms with Crippen LogP contribution in [0.15, 0.2) is 51.8 Å². The molecule has 1 aliphatic rings. The van der Waals surface area contributed by atoms with Gasteiger partial charge in [-0.2, -0.15) is 0 Å². The normalized spacial score (nSPS) is 14.7. The molecule has 0 saturated carbocycles. The van der Waals surface area contributed by atoms with E-state index in [1.54, 1.807) is 18.2 Å². The Hall–Kier alpha value is -1.87. The van der Waals surface area contributed by atoms with Crippen LogP contribution in [0.25, 0.3) is 6.08 Å². The number of nitrogens with one attached hydrogen (secondary N) is 2. The van der Waals surface area contributed by atoms with Crippen molar-refractivity contribution in [1.82, 2.24) is 10.6 Å². The van der Waals surface area contributed by atoms with E-state index in [0.717, 1.165) is 15.6 Å². The molecule has 2 aromatic rings. The second-order valence-electron chi connectivity index (χ2n) is 6.40. The molecule has 156 valence electrons. The van der Waals surface area contributed by atoms with Gasteiger partial charge in [0.1, 0.15) is 10.1 Å². The second kappa shape index (κ2) is 10.9. The lowest BCUT2D eigenvalue weighted by molar-refractivity contribution is -0.121. The van der Waals surface area contributed by atoms with Gasteiger partial charge in [0.25, 0.3) is 5.91 Å². The van der Waals surface area contributed by atoms with Gasteiger partial charge in [0.05, 0.1) is 16.0 Å². The fourth-order valence-corrected chi connectivity index (χ4v) is 4.28. The summed E-state index contributed by atoms with van der Waals surface area (Å²) in [6.07, 6.45) is 2.75. The Labute approximate surface area is 197 Å². The van der Waals surface area contributed by atoms with Crippen molar-refractivity contribution in [3.05, 3.63) is 68.0 Å². The number of ether oxygens (including phenoxy) is 1. The third kappa shape index (κ3) is 6.84. The number of thiocarbonyl (C=S) groups is 1. The van der Waals surface area contributed by atoms with E-state index in [2.05, 4.69) is 26.6 Å². The summed E-state index contributed by atoms with van der Waals surface area (Å²) >= 11 is 15.6. The van der Waals surface area contributed by atoms with E-state index < -0.39 is 0 Å². The van der Waals surface area contributed by atoms with E-state index in [-0.39, 0.29) is 11.8 Å². The van der Waals surface area contributed by atoms with Crippen LogP contribution in [0.5, 0.6) is 5.75 Å². The van der Waals surface area contributed by atoms with Gasteiger partial charge in [-0.1, -0.05) is 53.8 Å². The van der Waals surface area contributed by atoms with Crippen molar-refractivity contribution < 1.29 is 14.3 Å². The molecule has 3 rings (SSSR count). The molecule has 1 fully saturated rings. The van der Waals surface area contributed by atoms with Crippen molar-refractivity contribution in [1.29, 1.82) is 0 Å². The molecule has 1 saturated heterocycles. The summed E-state index contributed by atoms with van der Waals surface area (Å²) in [7, 11) is 0. The highest BCUT2D eigenvalue weighted by molar-refractivity contribution is 9.10. The zero-order valence-corrected chi connectivity index (χ0v) is 19.7. The van der Waals surface area contributed by atoms with Gasteiger partial charge < -0.3 is 15.4 Å². The molecule has 0 aromatic heterocycles. The highest BCUT2D eigenvalue weighted by atomic mass is 79.9. The van der Waals surface area contributed by atoms with Crippen LogP contribution >= 0.6 is 51.5 Å². The van der Waals surface area contributed by atoms with Gasteiger partial charge in [0.2, 0.25) is 5.91 Å². The number of benzene rings is 2. The Kier molecular flexibility index (Phi) is 8.32. The van der Waals surface area contributed by atoms with Gasteiger partial charge in [-0.25, -0.2) is 0 Å². The predicted molar refractivity (Wildman–Crippen MR) is 128 cm³/mol. The zero-order valence-electron chi connectivity index (χ0n) is 15.7. The number of hydrogen-bond donors (Lipinski definition) is 2. The van der Waals surface area contributed by atoms with Crippen LogP contribution < -0.4 is 15.4 Å². The van der Waals surface area contributed by atoms with Gasteiger partial charge >= 0.3 is 0 Å². The lowest BCUT2D eigenvalue weighted by atomic mass is 10.2. The van der Waals surface area contributed by atoms with Crippen molar-refractivity contribution in [3.63, 3.8) is 0 Å². The summed E-state index contributed by atoms with van der Waals surface area (Å²) < 4.78 is 6.99. The van der Waals surface area contributed by atoms with E-state index in [1.807, 2.05) is 30.3 Å². The maximum atomic E-state index is 12.0. The minimum atomic E-state index is -0.184. The Bertz CT molecular complexity index is 996. The highest BCUT2D eigenvalue weighted by Gasteiger charge is 2.22. The lowest BCUT2D eigenvalue weighted by Crippen LogP contribution is -2.22. The number of halogens is 2. The summed E-state index contributed by atoms with van der Waals surface area (Å²) in [6, 6.07) is 12.9. The first-order chi connectivity index (χ1) is 14.4. The molecule has 5 nitrogen and oxygen atoms in total. The Balaban J connectivity index is 1.42. The smallest absolute Gasteiger partial charge is 0.263 e. The predicted octanol–water partition coefficient (Wildman–Crippen LogP) is 5.07. The van der Waals surface area contributed by atoms with Gasteiger partial charge in [-0.15, -0.1) is 0 Å². The molecule has 0 radical (unpaired) electrons. The van der Waals surface area contributed by atoms with Crippen molar-refractivity contribution in [2.45, 2.75) is 19.4 Å². The number of carbonyl (C=O) groups is 2. The maximum Gasteiger partial charge on any atom is 0.263 e. The second-order valence-corrected chi connectivity index (χ2v) is 9.41. The standard InChI is InChI=1S/C21H18BrClN2O3S2/c22-16-10-14(11-18-20(27)25-21(29)30-18)5-8-17(16)28-9-1-2-19(26)24-12-13-3-6-15(23)7-4-13/h3-8,10-11H,1-2,9,12H2,(H,24,26)(H,25,27,29)/b18-11+. The molecular weight excluding hydrogens is 508 g/mol. The lowest BCUT2D eigenvalue weighted by Gasteiger charge is -2.09. The minimum absolute atomic E-state index is 0.0279. The maximum absolute atomic E-state index is 12.0. The fourth-order valence-electron chi connectivity index (χ4n) is 2.60. The van der Waals surface area contributed by atoms with Gasteiger partial charge in [0, 0.05) is 18.0 Å². The van der Waals surface area contributed by atoms with Crippen LogP contribution in [0.4, 0.5) is 0 Å². The van der Waals surface area contributed by atoms with E-state index in [9.17, 15) is 9.59 Å². The van der Waals surface area contributed by atoms with E-state index in [1.165, 1.54) is 11.8 Å². The van der Waals surface area contributed by atoms with E-state index >= 15 is 0 Å². The molecule has 0 atom stereocenters. The quantitative estimate of drug-likeness (QED) is 0.286. The molecule has 0 aliphatic carbocycles. The zero-order chi connectivity index (χ0) is 21.5. The highest BCUT2D eigenvalue weighted by Crippen LogP contribution is 2.30. The number of amides is 2. The average Bonchev–Trinajstić information content (AvgIpc) is 3.03. The van der Waals surface area contributed by atoms with Crippen LogP contribution in [-0.4, -0.2) is 22.7 Å². The van der Waals surface area contributed by atoms with E-state index in [0.29, 0.717) is 46.0 Å². The average molecular weight is 526 g/mol. The van der Waals surface area contributed by atoms with Gasteiger partial charge in [-0.05, 0) is 63.8 Å². The molecule has 0 unspecified atom stereocenters. The first kappa shape index (κ1) is 22.8. The molecule has 0 bridgehead atoms. The molecule has 2 aromatic carbocycles. The van der Waals surface area contributed by atoms with Gasteiger partial charge in [-0.3, -0.25) is 9.59 Å². The number of thioether (sulfide) groups is 1. The van der Waals surface area contributed by atoms with E-state index in [4.69, 9.17) is 28.6 Å². The number of hydrogen-bond acceptors (Lipinski definition) is 5. The molecule has 1 heterocycles. The summed E-state index contributed by atoms with van der Waals surface area (Å²) in [5.74, 6) is 0.466. The van der Waals surface area contributed by atoms with Crippen LogP contribution in [0.2, 0.25) is 5.02 Å². The van der Waals surface area contributed by atoms with Crippen molar-refractivity contribution >= 4 is 73.7 Å². The monoisotopic (exact) mass is 524 g/mol. The minimum Gasteiger partial charge on any atom is -0.492 e. The topological polar surface area (TPSA) is 67.4 Å². The summed E-state index contributed by atoms with van der Waals surface area (Å²) in [6.45, 7) is 0.889. The number of carbonyl (C=O) groups excluding carboxylic acids is 2. The van der Waals surface area contributed by atoms with Crippen LogP contribution in [0, 0.1) is 0 Å². The molecule has 2 N–H and O–H groups in total. The fraction of sp³-hybridized carbons (Fsp3) is 0.190. The first-order valence-corrected chi connectivity index (χ1v) is 11.5. The Morgan fingerprint density at radius 3 is 2.70 bits per heavy atom. The van der Waals surface area contributed by atoms with Crippen molar-refractivity contribution in [2.24, 2.45) is 0 Å². The van der Waals surface area contributed by atoms with Gasteiger partial charge in [0.15, 0.2) is 0 Å². The Morgan fingerprint density at radius 1 is 1.27 bits per heavy atom. The summed E-state index contributed by atoms with van der Waals surface area (Å²) in [5.41, 5.74) is 1.86. The third-order valence-corrected chi connectivity index (χ3v) is 6.14. The van der Waals surface area contributed by atoms with Crippen molar-refractivity contribution in [2.75, 3.05) is 6.61 Å². The largest absolute Gasteiger partial charge is 0.492 e. The van der Waals surface area contributed by atoms with Crippen LogP contribution in [-0.2, 0) is 16.1 Å².